The number of halogens is 1. The summed E-state index contributed by atoms with van der Waals surface area (Å²) in [6.45, 7) is 2.39. The lowest BCUT2D eigenvalue weighted by Gasteiger charge is -2.37. The number of nitrogens with zero attached hydrogens (tertiary/aromatic N) is 1. The van der Waals surface area contributed by atoms with Gasteiger partial charge in [0.2, 0.25) is 0 Å². The van der Waals surface area contributed by atoms with Gasteiger partial charge < -0.3 is 14.9 Å². The number of carboxylic acids is 1. The van der Waals surface area contributed by atoms with E-state index in [4.69, 9.17) is 21.4 Å². The first-order chi connectivity index (χ1) is 15.9. The fourth-order valence-corrected chi connectivity index (χ4v) is 5.45. The molecule has 2 aromatic carbocycles. The molecule has 0 atom stereocenters. The Bertz CT molecular complexity index is 1320. The van der Waals surface area contributed by atoms with Crippen LogP contribution in [-0.2, 0) is 24.2 Å². The van der Waals surface area contributed by atoms with Gasteiger partial charge in [0.1, 0.15) is 5.57 Å². The SMILES string of the molecule is Cc1cc(-c2cccc(S(C)(=O)=O)c2)c(Cl)cc1C1=C(O)C2(CCN(CC(=O)O)CC2)OC1=O. The van der Waals surface area contributed by atoms with Gasteiger partial charge in [-0.25, -0.2) is 13.2 Å². The molecule has 4 rings (SSSR count). The second-order valence-corrected chi connectivity index (χ2v) is 11.1. The molecule has 1 spiro atoms. The smallest absolute Gasteiger partial charge is 0.343 e. The Kier molecular flexibility index (Phi) is 6.22. The van der Waals surface area contributed by atoms with E-state index in [0.717, 1.165) is 6.26 Å². The van der Waals surface area contributed by atoms with Gasteiger partial charge in [0.15, 0.2) is 21.2 Å². The van der Waals surface area contributed by atoms with Gasteiger partial charge in [-0.15, -0.1) is 0 Å². The van der Waals surface area contributed by atoms with E-state index in [0.29, 0.717) is 35.3 Å². The molecule has 0 aliphatic carbocycles. The van der Waals surface area contributed by atoms with Crippen molar-refractivity contribution in [2.75, 3.05) is 25.9 Å². The highest BCUT2D eigenvalue weighted by Gasteiger charge is 2.50. The number of carboxylic acid groups (broad SMARTS) is 1. The number of ether oxygens (including phenoxy) is 1. The molecular weight excluding hydrogens is 482 g/mol. The van der Waals surface area contributed by atoms with Crippen LogP contribution in [-0.4, -0.2) is 67.0 Å². The Morgan fingerprint density at radius 3 is 2.47 bits per heavy atom. The van der Waals surface area contributed by atoms with E-state index in [1.54, 1.807) is 36.1 Å². The predicted molar refractivity (Wildman–Crippen MR) is 126 cm³/mol. The molecule has 2 N–H and O–H groups in total. The number of aliphatic hydroxyl groups is 1. The average molecular weight is 506 g/mol. The van der Waals surface area contributed by atoms with Crippen molar-refractivity contribution < 1.29 is 33.0 Å². The lowest BCUT2D eigenvalue weighted by molar-refractivity contribution is -0.152. The van der Waals surface area contributed by atoms with Gasteiger partial charge in [-0.05, 0) is 47.9 Å². The maximum Gasteiger partial charge on any atom is 0.343 e. The fraction of sp³-hybridized carbons (Fsp3) is 0.333. The van der Waals surface area contributed by atoms with E-state index < -0.39 is 27.4 Å². The number of hydrogen-bond donors (Lipinski definition) is 2. The number of aliphatic hydroxyl groups excluding tert-OH is 1. The molecule has 2 aromatic rings. The zero-order valence-corrected chi connectivity index (χ0v) is 20.2. The number of piperidine rings is 1. The van der Waals surface area contributed by atoms with Crippen LogP contribution in [0, 0.1) is 6.92 Å². The number of rotatable bonds is 5. The topological polar surface area (TPSA) is 121 Å². The molecule has 2 aliphatic rings. The molecule has 1 saturated heterocycles. The maximum absolute atomic E-state index is 12.8. The molecule has 10 heteroatoms. The Balaban J connectivity index is 1.70. The monoisotopic (exact) mass is 505 g/mol. The molecule has 0 amide bonds. The number of carbonyl (C=O) groups is 2. The minimum atomic E-state index is -3.40. The molecule has 180 valence electrons. The van der Waals surface area contributed by atoms with Gasteiger partial charge in [0.05, 0.1) is 11.4 Å². The van der Waals surface area contributed by atoms with Gasteiger partial charge in [0.25, 0.3) is 0 Å². The van der Waals surface area contributed by atoms with Crippen LogP contribution in [0.3, 0.4) is 0 Å². The standard InChI is InChI=1S/C24H24ClNO7S/c1-14-10-18(15-4-3-5-16(11-15)34(2,31)32)19(25)12-17(14)21-22(29)24(33-23(21)30)6-8-26(9-7-24)13-20(27)28/h3-5,10-12,29H,6-9,13H2,1-2H3,(H,27,28). The van der Waals surface area contributed by atoms with Crippen molar-refractivity contribution in [2.45, 2.75) is 30.3 Å². The highest BCUT2D eigenvalue weighted by atomic mass is 35.5. The molecule has 0 saturated carbocycles. The number of esters is 1. The summed E-state index contributed by atoms with van der Waals surface area (Å²) >= 11 is 6.55. The zero-order valence-electron chi connectivity index (χ0n) is 18.7. The molecule has 0 unspecified atom stereocenters. The van der Waals surface area contributed by atoms with E-state index in [-0.39, 0.29) is 40.6 Å². The first-order valence-corrected chi connectivity index (χ1v) is 12.9. The first-order valence-electron chi connectivity index (χ1n) is 10.6. The molecule has 34 heavy (non-hydrogen) atoms. The summed E-state index contributed by atoms with van der Waals surface area (Å²) in [7, 11) is -3.40. The third kappa shape index (κ3) is 4.43. The van der Waals surface area contributed by atoms with Crippen LogP contribution in [0.5, 0.6) is 0 Å². The van der Waals surface area contributed by atoms with Crippen molar-refractivity contribution in [1.29, 1.82) is 0 Å². The largest absolute Gasteiger partial charge is 0.507 e. The molecule has 2 heterocycles. The number of aliphatic carboxylic acids is 1. The van der Waals surface area contributed by atoms with Crippen LogP contribution in [0.4, 0.5) is 0 Å². The summed E-state index contributed by atoms with van der Waals surface area (Å²) in [5.41, 5.74) is 1.16. The van der Waals surface area contributed by atoms with E-state index in [2.05, 4.69) is 0 Å². The average Bonchev–Trinajstić information content (AvgIpc) is 2.99. The van der Waals surface area contributed by atoms with Crippen LogP contribution in [0.25, 0.3) is 16.7 Å². The van der Waals surface area contributed by atoms with Crippen molar-refractivity contribution in [2.24, 2.45) is 0 Å². The van der Waals surface area contributed by atoms with Crippen molar-refractivity contribution in [1.82, 2.24) is 4.90 Å². The van der Waals surface area contributed by atoms with E-state index in [1.165, 1.54) is 12.1 Å². The second kappa shape index (κ2) is 8.72. The van der Waals surface area contributed by atoms with Crippen molar-refractivity contribution in [3.05, 3.63) is 58.3 Å². The van der Waals surface area contributed by atoms with Crippen LogP contribution in [0.15, 0.2) is 47.1 Å². The zero-order chi connectivity index (χ0) is 24.8. The van der Waals surface area contributed by atoms with Crippen LogP contribution >= 0.6 is 11.6 Å². The molecule has 2 aliphatic heterocycles. The molecule has 0 aromatic heterocycles. The van der Waals surface area contributed by atoms with Crippen molar-refractivity contribution >= 4 is 38.9 Å². The molecule has 8 nitrogen and oxygen atoms in total. The number of likely N-dealkylation sites (tertiary alicyclic amines) is 1. The summed E-state index contributed by atoms with van der Waals surface area (Å²) < 4.78 is 29.5. The normalized spacial score (nSPS) is 18.4. The van der Waals surface area contributed by atoms with Gasteiger partial charge in [-0.3, -0.25) is 9.69 Å². The quantitative estimate of drug-likeness (QED) is 0.592. The lowest BCUT2D eigenvalue weighted by atomic mass is 9.86. The second-order valence-electron chi connectivity index (χ2n) is 8.72. The summed E-state index contributed by atoms with van der Waals surface area (Å²) in [5.74, 6) is -1.76. The van der Waals surface area contributed by atoms with E-state index in [1.807, 2.05) is 0 Å². The minimum Gasteiger partial charge on any atom is -0.507 e. The Hall–Kier alpha value is -2.88. The summed E-state index contributed by atoms with van der Waals surface area (Å²) in [4.78, 5) is 25.7. The lowest BCUT2D eigenvalue weighted by Crippen LogP contribution is -2.47. The third-order valence-electron chi connectivity index (χ3n) is 6.34. The van der Waals surface area contributed by atoms with Gasteiger partial charge in [-0.1, -0.05) is 23.7 Å². The number of hydrogen-bond acceptors (Lipinski definition) is 7. The molecular formula is C24H24ClNO7S. The summed E-state index contributed by atoms with van der Waals surface area (Å²) in [5, 5.41) is 20.4. The van der Waals surface area contributed by atoms with Gasteiger partial charge in [-0.2, -0.15) is 0 Å². The number of benzene rings is 2. The fourth-order valence-electron chi connectivity index (χ4n) is 4.51. The van der Waals surface area contributed by atoms with Crippen LogP contribution < -0.4 is 0 Å². The molecule has 1 fully saturated rings. The van der Waals surface area contributed by atoms with Crippen molar-refractivity contribution in [3.8, 4) is 11.1 Å². The van der Waals surface area contributed by atoms with Crippen LogP contribution in [0.2, 0.25) is 5.02 Å². The number of sulfone groups is 1. The van der Waals surface area contributed by atoms with Gasteiger partial charge >= 0.3 is 11.9 Å². The molecule has 0 bridgehead atoms. The first kappa shape index (κ1) is 24.3. The van der Waals surface area contributed by atoms with E-state index in [9.17, 15) is 23.1 Å². The highest BCUT2D eigenvalue weighted by molar-refractivity contribution is 7.90. The molecule has 0 radical (unpaired) electrons. The minimum absolute atomic E-state index is 0.0440. The number of carbonyl (C=O) groups excluding carboxylic acids is 1. The summed E-state index contributed by atoms with van der Waals surface area (Å²) in [6.07, 6.45) is 1.69. The Labute approximate surface area is 202 Å². The summed E-state index contributed by atoms with van der Waals surface area (Å²) in [6, 6.07) is 9.74. The Morgan fingerprint density at radius 2 is 1.85 bits per heavy atom. The number of aryl methyl sites for hydroxylation is 1. The third-order valence-corrected chi connectivity index (χ3v) is 7.76. The van der Waals surface area contributed by atoms with Crippen LogP contribution in [0.1, 0.15) is 24.0 Å². The predicted octanol–water partition coefficient (Wildman–Crippen LogP) is 3.46. The Morgan fingerprint density at radius 1 is 1.18 bits per heavy atom. The highest BCUT2D eigenvalue weighted by Crippen LogP contribution is 2.45. The van der Waals surface area contributed by atoms with Gasteiger partial charge in [0, 0.05) is 42.8 Å². The van der Waals surface area contributed by atoms with Crippen molar-refractivity contribution in [3.63, 3.8) is 0 Å². The van der Waals surface area contributed by atoms with E-state index >= 15 is 0 Å². The maximum atomic E-state index is 12.8.